The third-order valence-electron chi connectivity index (χ3n) is 1.86. The molecular weight excluding hydrogens is 144 g/mol. The van der Waals surface area contributed by atoms with Crippen molar-refractivity contribution in [1.29, 1.82) is 0 Å². The maximum Gasteiger partial charge on any atom is 0.506 e. The van der Waals surface area contributed by atoms with Crippen molar-refractivity contribution in [2.75, 3.05) is 0 Å². The van der Waals surface area contributed by atoms with Crippen LogP contribution in [0, 0.1) is 0 Å². The molecule has 1 unspecified atom stereocenters. The normalized spacial score (nSPS) is 15.5. The molecule has 3 heteroatoms. The summed E-state index contributed by atoms with van der Waals surface area (Å²) in [5, 5.41) is 8.38. The summed E-state index contributed by atoms with van der Waals surface area (Å²) in [6.45, 7) is 5.77. The van der Waals surface area contributed by atoms with Crippen LogP contribution in [0.1, 0.15) is 40.0 Å². The van der Waals surface area contributed by atoms with Gasteiger partial charge in [0.1, 0.15) is 5.60 Å². The molecule has 0 aliphatic rings. The molecule has 3 nitrogen and oxygen atoms in total. The van der Waals surface area contributed by atoms with E-state index in [4.69, 9.17) is 9.84 Å². The second-order valence-corrected chi connectivity index (χ2v) is 2.92. The predicted molar refractivity (Wildman–Crippen MR) is 42.7 cm³/mol. The molecule has 1 atom stereocenters. The Hall–Kier alpha value is -0.730. The first kappa shape index (κ1) is 10.3. The Balaban J connectivity index is 3.98. The fraction of sp³-hybridized carbons (Fsp3) is 0.875. The van der Waals surface area contributed by atoms with Crippen molar-refractivity contribution in [1.82, 2.24) is 0 Å². The van der Waals surface area contributed by atoms with E-state index in [9.17, 15) is 4.79 Å². The minimum Gasteiger partial charge on any atom is -0.450 e. The maximum atomic E-state index is 10.2. The Labute approximate surface area is 67.4 Å². The lowest BCUT2D eigenvalue weighted by molar-refractivity contribution is -0.0153. The van der Waals surface area contributed by atoms with Crippen LogP contribution in [0.25, 0.3) is 0 Å². The number of carbonyl (C=O) groups is 1. The smallest absolute Gasteiger partial charge is 0.450 e. The maximum absolute atomic E-state index is 10.2. The van der Waals surface area contributed by atoms with Crippen LogP contribution in [-0.2, 0) is 4.74 Å². The number of carboxylic acid groups (broad SMARTS) is 1. The van der Waals surface area contributed by atoms with Crippen molar-refractivity contribution in [3.05, 3.63) is 0 Å². The molecule has 0 heterocycles. The SMILES string of the molecule is CCCC(C)(CC)OC(=O)O. The minimum atomic E-state index is -1.18. The fourth-order valence-corrected chi connectivity index (χ4v) is 1.04. The van der Waals surface area contributed by atoms with Crippen LogP contribution in [0.5, 0.6) is 0 Å². The molecular formula is C8H16O3. The van der Waals surface area contributed by atoms with E-state index in [2.05, 4.69) is 0 Å². The van der Waals surface area contributed by atoms with Gasteiger partial charge in [-0.1, -0.05) is 20.3 Å². The Morgan fingerprint density at radius 1 is 1.55 bits per heavy atom. The van der Waals surface area contributed by atoms with E-state index in [0.717, 1.165) is 19.3 Å². The highest BCUT2D eigenvalue weighted by Crippen LogP contribution is 2.21. The van der Waals surface area contributed by atoms with Crippen LogP contribution in [0.3, 0.4) is 0 Å². The zero-order valence-electron chi connectivity index (χ0n) is 7.39. The van der Waals surface area contributed by atoms with Crippen LogP contribution in [-0.4, -0.2) is 16.9 Å². The predicted octanol–water partition coefficient (Wildman–Crippen LogP) is 2.65. The highest BCUT2D eigenvalue weighted by atomic mass is 16.7. The molecule has 1 N–H and O–H groups in total. The quantitative estimate of drug-likeness (QED) is 0.643. The average Bonchev–Trinajstić information content (AvgIpc) is 1.87. The first-order chi connectivity index (χ1) is 5.04. The average molecular weight is 160 g/mol. The van der Waals surface area contributed by atoms with Crippen molar-refractivity contribution in [3.8, 4) is 0 Å². The van der Waals surface area contributed by atoms with Crippen molar-refractivity contribution < 1.29 is 14.6 Å². The van der Waals surface area contributed by atoms with Gasteiger partial charge in [0, 0.05) is 0 Å². The van der Waals surface area contributed by atoms with E-state index in [1.807, 2.05) is 20.8 Å². The molecule has 0 saturated carbocycles. The number of hydrogen-bond donors (Lipinski definition) is 1. The van der Waals surface area contributed by atoms with Gasteiger partial charge in [0.05, 0.1) is 0 Å². The van der Waals surface area contributed by atoms with Crippen molar-refractivity contribution in [2.45, 2.75) is 45.6 Å². The fourth-order valence-electron chi connectivity index (χ4n) is 1.04. The van der Waals surface area contributed by atoms with Gasteiger partial charge in [-0.3, -0.25) is 0 Å². The molecule has 66 valence electrons. The topological polar surface area (TPSA) is 46.5 Å². The third kappa shape index (κ3) is 3.86. The van der Waals surface area contributed by atoms with E-state index in [0.29, 0.717) is 0 Å². The molecule has 0 aromatic carbocycles. The molecule has 0 aromatic heterocycles. The molecule has 0 spiro atoms. The zero-order chi connectivity index (χ0) is 8.91. The minimum absolute atomic E-state index is 0.486. The van der Waals surface area contributed by atoms with Gasteiger partial charge >= 0.3 is 6.16 Å². The lowest BCUT2D eigenvalue weighted by Crippen LogP contribution is -2.29. The standard InChI is InChI=1S/C8H16O3/c1-4-6-8(3,5-2)11-7(9)10/h4-6H2,1-3H3,(H,9,10). The van der Waals surface area contributed by atoms with E-state index in [1.165, 1.54) is 0 Å². The molecule has 0 saturated heterocycles. The van der Waals surface area contributed by atoms with Gasteiger partial charge in [0.25, 0.3) is 0 Å². The summed E-state index contributed by atoms with van der Waals surface area (Å²) < 4.78 is 4.74. The molecule has 0 fully saturated rings. The van der Waals surface area contributed by atoms with Crippen molar-refractivity contribution in [3.63, 3.8) is 0 Å². The molecule has 11 heavy (non-hydrogen) atoms. The summed E-state index contributed by atoms with van der Waals surface area (Å²) in [4.78, 5) is 10.2. The summed E-state index contributed by atoms with van der Waals surface area (Å²) in [6.07, 6.45) is 1.28. The highest BCUT2D eigenvalue weighted by Gasteiger charge is 2.25. The largest absolute Gasteiger partial charge is 0.506 e. The van der Waals surface area contributed by atoms with Crippen molar-refractivity contribution >= 4 is 6.16 Å². The Morgan fingerprint density at radius 3 is 2.36 bits per heavy atom. The van der Waals surface area contributed by atoms with Gasteiger partial charge in [-0.15, -0.1) is 0 Å². The lowest BCUT2D eigenvalue weighted by atomic mass is 9.97. The summed E-state index contributed by atoms with van der Waals surface area (Å²) in [5.41, 5.74) is -0.486. The van der Waals surface area contributed by atoms with E-state index < -0.39 is 11.8 Å². The summed E-state index contributed by atoms with van der Waals surface area (Å²) in [5.74, 6) is 0. The van der Waals surface area contributed by atoms with Crippen LogP contribution >= 0.6 is 0 Å². The van der Waals surface area contributed by atoms with Gasteiger partial charge in [-0.05, 0) is 19.8 Å². The summed E-state index contributed by atoms with van der Waals surface area (Å²) >= 11 is 0. The van der Waals surface area contributed by atoms with E-state index in [-0.39, 0.29) is 0 Å². The first-order valence-electron chi connectivity index (χ1n) is 3.96. The molecule has 0 aliphatic carbocycles. The monoisotopic (exact) mass is 160 g/mol. The molecule has 0 radical (unpaired) electrons. The van der Waals surface area contributed by atoms with Gasteiger partial charge in [-0.2, -0.15) is 0 Å². The lowest BCUT2D eigenvalue weighted by Gasteiger charge is -2.25. The molecule has 0 rings (SSSR count). The van der Waals surface area contributed by atoms with Crippen LogP contribution in [0.2, 0.25) is 0 Å². The van der Waals surface area contributed by atoms with Gasteiger partial charge in [0.15, 0.2) is 0 Å². The van der Waals surface area contributed by atoms with Gasteiger partial charge in [-0.25, -0.2) is 4.79 Å². The van der Waals surface area contributed by atoms with Crippen LogP contribution in [0.15, 0.2) is 0 Å². The zero-order valence-corrected chi connectivity index (χ0v) is 7.39. The van der Waals surface area contributed by atoms with Crippen molar-refractivity contribution in [2.24, 2.45) is 0 Å². The summed E-state index contributed by atoms with van der Waals surface area (Å²) in [6, 6.07) is 0. The van der Waals surface area contributed by atoms with Crippen LogP contribution < -0.4 is 0 Å². The Kier molecular flexibility index (Phi) is 3.93. The molecule has 0 aromatic rings. The van der Waals surface area contributed by atoms with Gasteiger partial charge < -0.3 is 9.84 Å². The first-order valence-corrected chi connectivity index (χ1v) is 3.96. The van der Waals surface area contributed by atoms with Crippen LogP contribution in [0.4, 0.5) is 4.79 Å². The third-order valence-corrected chi connectivity index (χ3v) is 1.86. The molecule has 0 bridgehead atoms. The number of hydrogen-bond acceptors (Lipinski definition) is 2. The van der Waals surface area contributed by atoms with E-state index >= 15 is 0 Å². The second kappa shape index (κ2) is 4.21. The Bertz CT molecular complexity index is 133. The second-order valence-electron chi connectivity index (χ2n) is 2.92. The van der Waals surface area contributed by atoms with E-state index in [1.54, 1.807) is 0 Å². The Morgan fingerprint density at radius 2 is 2.09 bits per heavy atom. The summed E-state index contributed by atoms with van der Waals surface area (Å²) in [7, 11) is 0. The highest BCUT2D eigenvalue weighted by molar-refractivity contribution is 5.57. The number of ether oxygens (including phenoxy) is 1. The molecule has 0 amide bonds. The number of rotatable bonds is 4. The van der Waals surface area contributed by atoms with Gasteiger partial charge in [0.2, 0.25) is 0 Å². The molecule has 0 aliphatic heterocycles.